The van der Waals surface area contributed by atoms with E-state index in [1.54, 1.807) is 17.0 Å². The van der Waals surface area contributed by atoms with Gasteiger partial charge in [0.05, 0.1) is 0 Å². The number of halogens is 1. The molecule has 0 aliphatic carbocycles. The van der Waals surface area contributed by atoms with E-state index >= 15 is 0 Å². The van der Waals surface area contributed by atoms with E-state index in [0.717, 1.165) is 11.1 Å². The smallest absolute Gasteiger partial charge is 0.243 e. The maximum Gasteiger partial charge on any atom is 0.243 e. The maximum atomic E-state index is 13.4. The van der Waals surface area contributed by atoms with Crippen LogP contribution in [0.25, 0.3) is 0 Å². The fraction of sp³-hybridized carbons (Fsp3) is 0.440. The van der Waals surface area contributed by atoms with Gasteiger partial charge in [0.25, 0.3) is 0 Å². The van der Waals surface area contributed by atoms with Gasteiger partial charge in [-0.2, -0.15) is 0 Å². The summed E-state index contributed by atoms with van der Waals surface area (Å²) in [4.78, 5) is 27.9. The Morgan fingerprint density at radius 1 is 1.03 bits per heavy atom. The van der Waals surface area contributed by atoms with Crippen molar-refractivity contribution in [3.63, 3.8) is 0 Å². The van der Waals surface area contributed by atoms with E-state index < -0.39 is 6.04 Å². The van der Waals surface area contributed by atoms with Gasteiger partial charge in [-0.15, -0.1) is 0 Å². The molecule has 5 nitrogen and oxygen atoms in total. The number of nitrogens with zero attached hydrogens (tertiary/aromatic N) is 1. The minimum atomic E-state index is -0.672. The van der Waals surface area contributed by atoms with E-state index in [2.05, 4.69) is 5.32 Å². The van der Waals surface area contributed by atoms with Crippen molar-refractivity contribution < 1.29 is 18.7 Å². The van der Waals surface area contributed by atoms with Gasteiger partial charge < -0.3 is 15.0 Å². The van der Waals surface area contributed by atoms with Crippen LogP contribution in [-0.4, -0.2) is 42.5 Å². The molecule has 1 atom stereocenters. The van der Waals surface area contributed by atoms with Gasteiger partial charge in [0.2, 0.25) is 11.8 Å². The van der Waals surface area contributed by atoms with Gasteiger partial charge in [-0.3, -0.25) is 9.59 Å². The van der Waals surface area contributed by atoms with Crippen LogP contribution in [0.15, 0.2) is 54.6 Å². The predicted octanol–water partition coefficient (Wildman–Crippen LogP) is 3.96. The van der Waals surface area contributed by atoms with E-state index in [-0.39, 0.29) is 30.1 Å². The molecule has 0 aliphatic heterocycles. The highest BCUT2D eigenvalue weighted by Gasteiger charge is 2.31. The zero-order valence-electron chi connectivity index (χ0n) is 18.6. The Bertz CT molecular complexity index is 809. The highest BCUT2D eigenvalue weighted by atomic mass is 19.1. The molecule has 0 saturated carbocycles. The van der Waals surface area contributed by atoms with E-state index in [0.29, 0.717) is 32.6 Å². The molecule has 0 aliphatic rings. The molecule has 2 rings (SSSR count). The Kier molecular flexibility index (Phi) is 10.2. The quantitative estimate of drug-likeness (QED) is 0.521. The second-order valence-electron chi connectivity index (χ2n) is 7.79. The lowest BCUT2D eigenvalue weighted by atomic mass is 10.0. The molecular formula is C25H33FN2O3. The molecule has 0 spiro atoms. The monoisotopic (exact) mass is 428 g/mol. The van der Waals surface area contributed by atoms with Crippen LogP contribution in [0.3, 0.4) is 0 Å². The number of carbonyl (C=O) groups is 2. The van der Waals surface area contributed by atoms with E-state index in [1.165, 1.54) is 12.1 Å². The van der Waals surface area contributed by atoms with Crippen molar-refractivity contribution in [3.05, 3.63) is 71.5 Å². The van der Waals surface area contributed by atoms with Crippen LogP contribution in [0.1, 0.15) is 38.3 Å². The summed E-state index contributed by atoms with van der Waals surface area (Å²) >= 11 is 0. The van der Waals surface area contributed by atoms with E-state index in [1.807, 2.05) is 51.1 Å². The number of nitrogens with one attached hydrogen (secondary N) is 1. The first-order chi connectivity index (χ1) is 14.9. The minimum Gasteiger partial charge on any atom is -0.382 e. The van der Waals surface area contributed by atoms with E-state index in [4.69, 9.17) is 4.74 Å². The number of amides is 2. The second-order valence-corrected chi connectivity index (χ2v) is 7.79. The summed E-state index contributed by atoms with van der Waals surface area (Å²) < 4.78 is 18.7. The van der Waals surface area contributed by atoms with Gasteiger partial charge >= 0.3 is 0 Å². The van der Waals surface area contributed by atoms with Gasteiger partial charge in [-0.05, 0) is 36.6 Å². The number of carbonyl (C=O) groups excluding carboxylic acids is 2. The summed E-state index contributed by atoms with van der Waals surface area (Å²) in [5.74, 6) is -0.922. The second kappa shape index (κ2) is 12.8. The molecule has 0 fully saturated rings. The standard InChI is InChI=1S/C25H33FN2O3/c1-4-31-16-8-15-27-24(29)23(17-20-9-6-5-7-10-20)28(25(30)19(2)3)18-21-11-13-22(26)14-12-21/h5-7,9-14,19,23H,4,8,15-18H2,1-3H3,(H,27,29)/t23-/m0/s1. The van der Waals surface area contributed by atoms with Gasteiger partial charge in [-0.1, -0.05) is 56.3 Å². The molecule has 31 heavy (non-hydrogen) atoms. The summed E-state index contributed by atoms with van der Waals surface area (Å²) in [6, 6.07) is 15.0. The summed E-state index contributed by atoms with van der Waals surface area (Å²) in [7, 11) is 0. The van der Waals surface area contributed by atoms with Crippen LogP contribution in [0.5, 0.6) is 0 Å². The first-order valence-corrected chi connectivity index (χ1v) is 10.9. The molecule has 168 valence electrons. The molecule has 2 amide bonds. The summed E-state index contributed by atoms with van der Waals surface area (Å²) in [6.45, 7) is 7.49. The van der Waals surface area contributed by atoms with Crippen LogP contribution in [0.2, 0.25) is 0 Å². The van der Waals surface area contributed by atoms with Crippen LogP contribution in [0, 0.1) is 11.7 Å². The van der Waals surface area contributed by atoms with Crippen LogP contribution in [0.4, 0.5) is 4.39 Å². The lowest BCUT2D eigenvalue weighted by molar-refractivity contribution is -0.143. The molecule has 0 saturated heterocycles. The molecule has 1 N–H and O–H groups in total. The minimum absolute atomic E-state index is 0.116. The number of rotatable bonds is 12. The van der Waals surface area contributed by atoms with Gasteiger partial charge in [-0.25, -0.2) is 4.39 Å². The van der Waals surface area contributed by atoms with Crippen molar-refractivity contribution in [1.29, 1.82) is 0 Å². The number of benzene rings is 2. The zero-order valence-corrected chi connectivity index (χ0v) is 18.6. The van der Waals surface area contributed by atoms with Crippen LogP contribution in [-0.2, 0) is 27.3 Å². The van der Waals surface area contributed by atoms with Crippen LogP contribution >= 0.6 is 0 Å². The number of hydrogen-bond acceptors (Lipinski definition) is 3. The van der Waals surface area contributed by atoms with Gasteiger partial charge in [0.15, 0.2) is 0 Å². The maximum absolute atomic E-state index is 13.4. The third-order valence-corrected chi connectivity index (χ3v) is 4.96. The van der Waals surface area contributed by atoms with Crippen molar-refractivity contribution in [1.82, 2.24) is 10.2 Å². The third kappa shape index (κ3) is 8.13. The highest BCUT2D eigenvalue weighted by Crippen LogP contribution is 2.17. The molecule has 0 bridgehead atoms. The first-order valence-electron chi connectivity index (χ1n) is 10.9. The number of ether oxygens (including phenoxy) is 1. The third-order valence-electron chi connectivity index (χ3n) is 4.96. The average molecular weight is 429 g/mol. The highest BCUT2D eigenvalue weighted by molar-refractivity contribution is 5.88. The lowest BCUT2D eigenvalue weighted by Crippen LogP contribution is -2.51. The topological polar surface area (TPSA) is 58.6 Å². The molecule has 2 aromatic carbocycles. The van der Waals surface area contributed by atoms with Crippen molar-refractivity contribution >= 4 is 11.8 Å². The summed E-state index contributed by atoms with van der Waals surface area (Å²) in [6.07, 6.45) is 1.10. The molecule has 0 unspecified atom stereocenters. The van der Waals surface area contributed by atoms with Crippen molar-refractivity contribution in [2.75, 3.05) is 19.8 Å². The first kappa shape index (κ1) is 24.5. The van der Waals surface area contributed by atoms with Crippen molar-refractivity contribution in [2.45, 2.75) is 46.2 Å². The Morgan fingerprint density at radius 2 is 1.71 bits per heavy atom. The largest absolute Gasteiger partial charge is 0.382 e. The van der Waals surface area contributed by atoms with Crippen LogP contribution < -0.4 is 5.32 Å². The molecular weight excluding hydrogens is 395 g/mol. The Hall–Kier alpha value is -2.73. The van der Waals surface area contributed by atoms with Crippen molar-refractivity contribution in [3.8, 4) is 0 Å². The number of hydrogen-bond donors (Lipinski definition) is 1. The molecule has 0 aromatic heterocycles. The molecule has 2 aromatic rings. The Labute approximate surface area is 184 Å². The SMILES string of the molecule is CCOCCCNC(=O)[C@H](Cc1ccccc1)N(Cc1ccc(F)cc1)C(=O)C(C)C. The van der Waals surface area contributed by atoms with Gasteiger partial charge in [0.1, 0.15) is 11.9 Å². The van der Waals surface area contributed by atoms with Gasteiger partial charge in [0, 0.05) is 38.6 Å². The summed E-state index contributed by atoms with van der Waals surface area (Å²) in [5.41, 5.74) is 1.75. The predicted molar refractivity (Wildman–Crippen MR) is 120 cm³/mol. The average Bonchev–Trinajstić information content (AvgIpc) is 2.77. The lowest BCUT2D eigenvalue weighted by Gasteiger charge is -2.32. The van der Waals surface area contributed by atoms with E-state index in [9.17, 15) is 14.0 Å². The zero-order chi connectivity index (χ0) is 22.6. The van der Waals surface area contributed by atoms with Crippen molar-refractivity contribution in [2.24, 2.45) is 5.92 Å². The fourth-order valence-electron chi connectivity index (χ4n) is 3.29. The Morgan fingerprint density at radius 3 is 2.32 bits per heavy atom. The fourth-order valence-corrected chi connectivity index (χ4v) is 3.29. The Balaban J connectivity index is 2.26. The molecule has 0 heterocycles. The normalized spacial score (nSPS) is 11.9. The molecule has 6 heteroatoms. The summed E-state index contributed by atoms with van der Waals surface area (Å²) in [5, 5.41) is 2.96. The molecule has 0 radical (unpaired) electrons.